The molecule has 1 aliphatic rings. The number of hydrogen-bond acceptors (Lipinski definition) is 4. The minimum absolute atomic E-state index is 0.00394. The van der Waals surface area contributed by atoms with Crippen molar-refractivity contribution in [2.24, 2.45) is 0 Å². The number of hydrogen-bond donors (Lipinski definition) is 0. The molecule has 0 N–H and O–H groups in total. The largest absolute Gasteiger partial charge is 0.435 e. The molecule has 0 unspecified atom stereocenters. The first-order chi connectivity index (χ1) is 10.8. The monoisotopic (exact) mass is 347 g/mol. The van der Waals surface area contributed by atoms with Crippen LogP contribution in [0.5, 0.6) is 5.75 Å². The predicted octanol–water partition coefficient (Wildman–Crippen LogP) is 3.08. The van der Waals surface area contributed by atoms with Gasteiger partial charge in [0.25, 0.3) is 0 Å². The third kappa shape index (κ3) is 5.14. The van der Waals surface area contributed by atoms with Gasteiger partial charge in [-0.05, 0) is 37.6 Å². The Bertz CT molecular complexity index is 604. The maximum absolute atomic E-state index is 12.1. The summed E-state index contributed by atoms with van der Waals surface area (Å²) < 4.78 is 52.6. The summed E-state index contributed by atoms with van der Waals surface area (Å²) in [6, 6.07) is 6.46. The summed E-state index contributed by atoms with van der Waals surface area (Å²) in [4.78, 5) is 2.05. The van der Waals surface area contributed by atoms with Gasteiger partial charge in [0.05, 0.1) is 5.25 Å². The summed E-state index contributed by atoms with van der Waals surface area (Å²) in [5.41, 5.74) is 0.937. The lowest BCUT2D eigenvalue weighted by Crippen LogP contribution is -2.46. The highest BCUT2D eigenvalue weighted by Crippen LogP contribution is 2.28. The zero-order valence-electron chi connectivity index (χ0n) is 13.4. The lowest BCUT2D eigenvalue weighted by Gasteiger charge is -2.37. The molecule has 1 aromatic carbocycles. The Hall–Kier alpha value is -1.21. The second kappa shape index (κ2) is 7.57. The molecular weight excluding hydrogens is 324 g/mol. The van der Waals surface area contributed by atoms with Gasteiger partial charge >= 0.3 is 6.61 Å². The van der Waals surface area contributed by atoms with E-state index in [0.717, 1.165) is 24.8 Å². The van der Waals surface area contributed by atoms with Crippen molar-refractivity contribution in [3.63, 3.8) is 0 Å². The molecule has 1 saturated carbocycles. The molecule has 1 aliphatic carbocycles. The Labute approximate surface area is 136 Å². The van der Waals surface area contributed by atoms with Gasteiger partial charge in [0, 0.05) is 18.8 Å². The van der Waals surface area contributed by atoms with Crippen molar-refractivity contribution in [2.45, 2.75) is 50.1 Å². The zero-order chi connectivity index (χ0) is 17.0. The molecule has 0 heterocycles. The standard InChI is InChI=1S/C16H23F2NO3S/c1-19(14-5-3-4-6-15(14)23(2,20)21)11-12-7-9-13(10-8-12)22-16(17)18/h7-10,14-16H,3-6,11H2,1-2H3/t14-,15-/m0/s1. The average Bonchev–Trinajstić information content (AvgIpc) is 2.48. The van der Waals surface area contributed by atoms with Crippen molar-refractivity contribution in [2.75, 3.05) is 13.3 Å². The van der Waals surface area contributed by atoms with Gasteiger partial charge in [-0.3, -0.25) is 4.90 Å². The van der Waals surface area contributed by atoms with Crippen molar-refractivity contribution in [3.8, 4) is 5.75 Å². The van der Waals surface area contributed by atoms with Crippen LogP contribution in [0.1, 0.15) is 31.2 Å². The van der Waals surface area contributed by atoms with E-state index in [1.165, 1.54) is 18.4 Å². The van der Waals surface area contributed by atoms with Gasteiger partial charge in [-0.1, -0.05) is 25.0 Å². The highest BCUT2D eigenvalue weighted by atomic mass is 32.2. The van der Waals surface area contributed by atoms with E-state index in [1.807, 2.05) is 11.9 Å². The number of benzene rings is 1. The van der Waals surface area contributed by atoms with Crippen LogP contribution in [-0.2, 0) is 16.4 Å². The van der Waals surface area contributed by atoms with Crippen LogP contribution in [0.15, 0.2) is 24.3 Å². The fraction of sp³-hybridized carbons (Fsp3) is 0.625. The quantitative estimate of drug-likeness (QED) is 0.793. The number of halogens is 2. The van der Waals surface area contributed by atoms with Gasteiger partial charge in [0.15, 0.2) is 9.84 Å². The van der Waals surface area contributed by atoms with E-state index in [9.17, 15) is 17.2 Å². The number of sulfone groups is 1. The van der Waals surface area contributed by atoms with Gasteiger partial charge in [0.2, 0.25) is 0 Å². The highest BCUT2D eigenvalue weighted by Gasteiger charge is 2.34. The van der Waals surface area contributed by atoms with Crippen LogP contribution in [0, 0.1) is 0 Å². The lowest BCUT2D eigenvalue weighted by molar-refractivity contribution is -0.0498. The van der Waals surface area contributed by atoms with E-state index >= 15 is 0 Å². The third-order valence-electron chi connectivity index (χ3n) is 4.36. The molecule has 2 atom stereocenters. The molecule has 0 aromatic heterocycles. The number of nitrogens with zero attached hydrogens (tertiary/aromatic N) is 1. The molecule has 0 amide bonds. The van der Waals surface area contributed by atoms with E-state index in [4.69, 9.17) is 0 Å². The maximum atomic E-state index is 12.1. The second-order valence-corrected chi connectivity index (χ2v) is 8.42. The second-order valence-electron chi connectivity index (χ2n) is 6.16. The van der Waals surface area contributed by atoms with Crippen LogP contribution in [0.25, 0.3) is 0 Å². The zero-order valence-corrected chi connectivity index (χ0v) is 14.2. The van der Waals surface area contributed by atoms with Crippen LogP contribution in [0.4, 0.5) is 8.78 Å². The molecule has 7 heteroatoms. The lowest BCUT2D eigenvalue weighted by atomic mass is 9.93. The van der Waals surface area contributed by atoms with Gasteiger partial charge in [-0.25, -0.2) is 8.42 Å². The SMILES string of the molecule is CN(Cc1ccc(OC(F)F)cc1)[C@H]1CCCC[C@@H]1S(C)(=O)=O. The first-order valence-electron chi connectivity index (χ1n) is 7.70. The normalized spacial score (nSPS) is 22.5. The summed E-state index contributed by atoms with van der Waals surface area (Å²) in [5.74, 6) is 0.123. The molecule has 0 saturated heterocycles. The van der Waals surface area contributed by atoms with Crippen molar-refractivity contribution >= 4 is 9.84 Å². The summed E-state index contributed by atoms with van der Waals surface area (Å²) in [6.07, 6.45) is 4.85. The maximum Gasteiger partial charge on any atom is 0.387 e. The summed E-state index contributed by atoms with van der Waals surface area (Å²) in [6.45, 7) is -2.26. The van der Waals surface area contributed by atoms with E-state index in [1.54, 1.807) is 12.1 Å². The third-order valence-corrected chi connectivity index (χ3v) is 6.01. The predicted molar refractivity (Wildman–Crippen MR) is 85.4 cm³/mol. The molecule has 130 valence electrons. The summed E-state index contributed by atoms with van der Waals surface area (Å²) in [7, 11) is -1.16. The molecule has 4 nitrogen and oxygen atoms in total. The highest BCUT2D eigenvalue weighted by molar-refractivity contribution is 7.91. The minimum Gasteiger partial charge on any atom is -0.435 e. The molecule has 0 spiro atoms. The van der Waals surface area contributed by atoms with Crippen LogP contribution < -0.4 is 4.74 Å². The smallest absolute Gasteiger partial charge is 0.387 e. The number of alkyl halides is 2. The van der Waals surface area contributed by atoms with Crippen molar-refractivity contribution < 1.29 is 21.9 Å². The van der Waals surface area contributed by atoms with Crippen molar-refractivity contribution in [1.82, 2.24) is 4.90 Å². The Morgan fingerprint density at radius 3 is 2.39 bits per heavy atom. The van der Waals surface area contributed by atoms with Crippen LogP contribution in [0.2, 0.25) is 0 Å². The minimum atomic E-state index is -3.08. The molecule has 1 fully saturated rings. The van der Waals surface area contributed by atoms with E-state index in [2.05, 4.69) is 4.74 Å². The Morgan fingerprint density at radius 1 is 1.22 bits per heavy atom. The van der Waals surface area contributed by atoms with Crippen LogP contribution in [-0.4, -0.2) is 44.5 Å². The Kier molecular flexibility index (Phi) is 5.97. The Balaban J connectivity index is 2.03. The molecule has 0 bridgehead atoms. The molecule has 0 radical (unpaired) electrons. The van der Waals surface area contributed by atoms with Crippen LogP contribution >= 0.6 is 0 Å². The van der Waals surface area contributed by atoms with E-state index in [-0.39, 0.29) is 17.0 Å². The number of ether oxygens (including phenoxy) is 1. The fourth-order valence-electron chi connectivity index (χ4n) is 3.26. The molecule has 0 aliphatic heterocycles. The molecular formula is C16H23F2NO3S. The van der Waals surface area contributed by atoms with Crippen LogP contribution in [0.3, 0.4) is 0 Å². The summed E-state index contributed by atoms with van der Waals surface area (Å²) in [5, 5.41) is -0.331. The topological polar surface area (TPSA) is 46.6 Å². The molecule has 23 heavy (non-hydrogen) atoms. The molecule has 1 aromatic rings. The molecule has 2 rings (SSSR count). The first-order valence-corrected chi connectivity index (χ1v) is 9.65. The van der Waals surface area contributed by atoms with Gasteiger partial charge in [0.1, 0.15) is 5.75 Å². The first kappa shape index (κ1) is 18.1. The van der Waals surface area contributed by atoms with Crippen molar-refractivity contribution in [3.05, 3.63) is 29.8 Å². The average molecular weight is 347 g/mol. The van der Waals surface area contributed by atoms with Crippen molar-refractivity contribution in [1.29, 1.82) is 0 Å². The Morgan fingerprint density at radius 2 is 1.83 bits per heavy atom. The summed E-state index contributed by atoms with van der Waals surface area (Å²) >= 11 is 0. The van der Waals surface area contributed by atoms with Gasteiger partial charge in [-0.2, -0.15) is 8.78 Å². The van der Waals surface area contributed by atoms with E-state index in [0.29, 0.717) is 13.0 Å². The van der Waals surface area contributed by atoms with E-state index < -0.39 is 16.4 Å². The van der Waals surface area contributed by atoms with Gasteiger partial charge in [-0.15, -0.1) is 0 Å². The van der Waals surface area contributed by atoms with Gasteiger partial charge < -0.3 is 4.74 Å². The number of rotatable bonds is 6. The fourth-order valence-corrected chi connectivity index (χ4v) is 4.77.